The standard InChI is InChI=1S/C16H26N2O/c1-16(2)9-14(17)13-6-7-18(15(13)10-16)11-4-5-12(8-11)19-3/h6-7,11-12,14H,4-5,8-10,17H2,1-3H3. The summed E-state index contributed by atoms with van der Waals surface area (Å²) < 4.78 is 8.00. The van der Waals surface area contributed by atoms with Crippen LogP contribution >= 0.6 is 0 Å². The summed E-state index contributed by atoms with van der Waals surface area (Å²) in [5.41, 5.74) is 9.52. The molecule has 1 heterocycles. The molecule has 3 unspecified atom stereocenters. The summed E-state index contributed by atoms with van der Waals surface area (Å²) in [6.45, 7) is 4.67. The van der Waals surface area contributed by atoms with Gasteiger partial charge >= 0.3 is 0 Å². The topological polar surface area (TPSA) is 40.2 Å². The van der Waals surface area contributed by atoms with Crippen molar-refractivity contribution in [1.29, 1.82) is 0 Å². The molecule has 2 N–H and O–H groups in total. The van der Waals surface area contributed by atoms with Crippen molar-refractivity contribution >= 4 is 0 Å². The van der Waals surface area contributed by atoms with Crippen LogP contribution in [0.25, 0.3) is 0 Å². The first kappa shape index (κ1) is 13.2. The van der Waals surface area contributed by atoms with Crippen LogP contribution in [0.5, 0.6) is 0 Å². The van der Waals surface area contributed by atoms with Gasteiger partial charge in [0.2, 0.25) is 0 Å². The number of ether oxygens (including phenoxy) is 1. The molecule has 19 heavy (non-hydrogen) atoms. The highest BCUT2D eigenvalue weighted by molar-refractivity contribution is 5.30. The Balaban J connectivity index is 1.89. The smallest absolute Gasteiger partial charge is 0.0591 e. The van der Waals surface area contributed by atoms with E-state index in [-0.39, 0.29) is 6.04 Å². The fraction of sp³-hybridized carbons (Fsp3) is 0.750. The highest BCUT2D eigenvalue weighted by atomic mass is 16.5. The van der Waals surface area contributed by atoms with Crippen LogP contribution in [0.1, 0.15) is 62.9 Å². The lowest BCUT2D eigenvalue weighted by Gasteiger charge is -2.35. The Labute approximate surface area is 116 Å². The maximum absolute atomic E-state index is 6.35. The molecule has 2 aliphatic carbocycles. The molecule has 3 rings (SSSR count). The zero-order valence-electron chi connectivity index (χ0n) is 12.4. The maximum atomic E-state index is 6.35. The summed E-state index contributed by atoms with van der Waals surface area (Å²) in [4.78, 5) is 0. The van der Waals surface area contributed by atoms with Crippen molar-refractivity contribution < 1.29 is 4.74 Å². The van der Waals surface area contributed by atoms with Gasteiger partial charge in [0.05, 0.1) is 6.10 Å². The van der Waals surface area contributed by atoms with Crippen LogP contribution in [0, 0.1) is 5.41 Å². The van der Waals surface area contributed by atoms with E-state index in [2.05, 4.69) is 30.7 Å². The predicted octanol–water partition coefficient (Wildman–Crippen LogP) is 3.20. The number of hydrogen-bond donors (Lipinski definition) is 1. The van der Waals surface area contributed by atoms with Crippen molar-refractivity contribution in [3.63, 3.8) is 0 Å². The number of methoxy groups -OCH3 is 1. The van der Waals surface area contributed by atoms with Gasteiger partial charge < -0.3 is 15.0 Å². The van der Waals surface area contributed by atoms with Gasteiger partial charge in [-0.3, -0.25) is 0 Å². The third-order valence-corrected chi connectivity index (χ3v) is 4.96. The minimum absolute atomic E-state index is 0.208. The van der Waals surface area contributed by atoms with Crippen molar-refractivity contribution in [1.82, 2.24) is 4.57 Å². The minimum atomic E-state index is 0.208. The third kappa shape index (κ3) is 2.34. The summed E-state index contributed by atoms with van der Waals surface area (Å²) >= 11 is 0. The zero-order chi connectivity index (χ0) is 13.6. The molecule has 0 aliphatic heterocycles. The summed E-state index contributed by atoms with van der Waals surface area (Å²) in [5.74, 6) is 0. The normalized spacial score (nSPS) is 33.4. The Morgan fingerprint density at radius 1 is 1.37 bits per heavy atom. The van der Waals surface area contributed by atoms with Gasteiger partial charge in [-0.15, -0.1) is 0 Å². The van der Waals surface area contributed by atoms with Crippen LogP contribution in [-0.4, -0.2) is 17.8 Å². The molecule has 0 bridgehead atoms. The van der Waals surface area contributed by atoms with Crippen molar-refractivity contribution in [3.05, 3.63) is 23.5 Å². The summed E-state index contributed by atoms with van der Waals surface area (Å²) in [5, 5.41) is 0. The van der Waals surface area contributed by atoms with Gasteiger partial charge in [-0.2, -0.15) is 0 Å². The van der Waals surface area contributed by atoms with E-state index in [1.807, 2.05) is 7.11 Å². The first-order chi connectivity index (χ1) is 9.00. The molecule has 0 saturated heterocycles. The SMILES string of the molecule is COC1CCC(n2ccc3c2CC(C)(C)CC3N)C1. The number of hydrogen-bond acceptors (Lipinski definition) is 2. The van der Waals surface area contributed by atoms with E-state index in [1.165, 1.54) is 24.1 Å². The maximum Gasteiger partial charge on any atom is 0.0591 e. The molecule has 106 valence electrons. The molecule has 0 radical (unpaired) electrons. The van der Waals surface area contributed by atoms with Gasteiger partial charge in [0, 0.05) is 31.1 Å². The largest absolute Gasteiger partial charge is 0.381 e. The van der Waals surface area contributed by atoms with Crippen LogP contribution in [0.3, 0.4) is 0 Å². The van der Waals surface area contributed by atoms with Crippen LogP contribution in [0.2, 0.25) is 0 Å². The molecule has 0 amide bonds. The molecule has 3 atom stereocenters. The molecule has 1 aromatic rings. The van der Waals surface area contributed by atoms with Crippen molar-refractivity contribution in [2.24, 2.45) is 11.1 Å². The van der Waals surface area contributed by atoms with Crippen LogP contribution < -0.4 is 5.73 Å². The lowest BCUT2D eigenvalue weighted by Crippen LogP contribution is -2.31. The minimum Gasteiger partial charge on any atom is -0.381 e. The Hall–Kier alpha value is -0.800. The highest BCUT2D eigenvalue weighted by Gasteiger charge is 2.35. The number of rotatable bonds is 2. The lowest BCUT2D eigenvalue weighted by molar-refractivity contribution is 0.105. The van der Waals surface area contributed by atoms with E-state index >= 15 is 0 Å². The number of nitrogens with zero attached hydrogens (tertiary/aromatic N) is 1. The molecular weight excluding hydrogens is 236 g/mol. The van der Waals surface area contributed by atoms with E-state index in [0.717, 1.165) is 19.3 Å². The van der Waals surface area contributed by atoms with Gasteiger partial charge in [0.15, 0.2) is 0 Å². The van der Waals surface area contributed by atoms with Crippen molar-refractivity contribution in [2.45, 2.75) is 64.1 Å². The first-order valence-corrected chi connectivity index (χ1v) is 7.48. The Morgan fingerprint density at radius 3 is 2.84 bits per heavy atom. The third-order valence-electron chi connectivity index (χ3n) is 4.96. The molecule has 1 fully saturated rings. The van der Waals surface area contributed by atoms with Gasteiger partial charge in [-0.25, -0.2) is 0 Å². The molecule has 0 aromatic carbocycles. The van der Waals surface area contributed by atoms with Gasteiger partial charge in [0.25, 0.3) is 0 Å². The summed E-state index contributed by atoms with van der Waals surface area (Å²) in [6.07, 6.45) is 8.50. The van der Waals surface area contributed by atoms with E-state index in [0.29, 0.717) is 17.6 Å². The Bertz CT molecular complexity index is 463. The molecule has 3 heteroatoms. The fourth-order valence-corrected chi connectivity index (χ4v) is 3.98. The van der Waals surface area contributed by atoms with Crippen LogP contribution in [-0.2, 0) is 11.2 Å². The zero-order valence-corrected chi connectivity index (χ0v) is 12.4. The molecule has 2 aliphatic rings. The number of nitrogens with two attached hydrogens (primary N) is 1. The molecule has 1 aromatic heterocycles. The van der Waals surface area contributed by atoms with E-state index in [9.17, 15) is 0 Å². The number of fused-ring (bicyclic) bond motifs is 1. The van der Waals surface area contributed by atoms with E-state index in [4.69, 9.17) is 10.5 Å². The van der Waals surface area contributed by atoms with Crippen LogP contribution in [0.15, 0.2) is 12.3 Å². The van der Waals surface area contributed by atoms with Crippen molar-refractivity contribution in [3.8, 4) is 0 Å². The fourth-order valence-electron chi connectivity index (χ4n) is 3.98. The second-order valence-electron chi connectivity index (χ2n) is 7.10. The van der Waals surface area contributed by atoms with E-state index < -0.39 is 0 Å². The first-order valence-electron chi connectivity index (χ1n) is 7.48. The quantitative estimate of drug-likeness (QED) is 0.889. The molecule has 1 saturated carbocycles. The molecular formula is C16H26N2O. The lowest BCUT2D eigenvalue weighted by atomic mass is 9.74. The highest BCUT2D eigenvalue weighted by Crippen LogP contribution is 2.42. The summed E-state index contributed by atoms with van der Waals surface area (Å²) in [6, 6.07) is 3.06. The van der Waals surface area contributed by atoms with Gasteiger partial charge in [-0.05, 0) is 49.1 Å². The molecule has 0 spiro atoms. The second kappa shape index (κ2) is 4.64. The Morgan fingerprint density at radius 2 is 2.16 bits per heavy atom. The second-order valence-corrected chi connectivity index (χ2v) is 7.10. The van der Waals surface area contributed by atoms with E-state index in [1.54, 1.807) is 0 Å². The predicted molar refractivity (Wildman–Crippen MR) is 77.1 cm³/mol. The average molecular weight is 262 g/mol. The van der Waals surface area contributed by atoms with Crippen molar-refractivity contribution in [2.75, 3.05) is 7.11 Å². The van der Waals surface area contributed by atoms with Gasteiger partial charge in [-0.1, -0.05) is 13.8 Å². The van der Waals surface area contributed by atoms with Crippen LogP contribution in [0.4, 0.5) is 0 Å². The van der Waals surface area contributed by atoms with Gasteiger partial charge in [0.1, 0.15) is 0 Å². The molecule has 3 nitrogen and oxygen atoms in total. The number of aromatic nitrogens is 1. The Kier molecular flexibility index (Phi) is 3.22. The monoisotopic (exact) mass is 262 g/mol. The average Bonchev–Trinajstić information content (AvgIpc) is 2.92. The summed E-state index contributed by atoms with van der Waals surface area (Å²) in [7, 11) is 1.83.